The highest BCUT2D eigenvalue weighted by Crippen LogP contribution is 2.18. The number of hydrogen-bond acceptors (Lipinski definition) is 3. The first kappa shape index (κ1) is 11.4. The summed E-state index contributed by atoms with van der Waals surface area (Å²) in [6, 6.07) is 0.282. The molecule has 1 aliphatic heterocycles. The van der Waals surface area contributed by atoms with Gasteiger partial charge in [0.05, 0.1) is 13.2 Å². The molecule has 0 aromatic carbocycles. The summed E-state index contributed by atoms with van der Waals surface area (Å²) in [5, 5.41) is 4.44. The van der Waals surface area contributed by atoms with Crippen molar-refractivity contribution in [2.75, 3.05) is 13.2 Å². The minimum Gasteiger partial charge on any atom is -0.377 e. The van der Waals surface area contributed by atoms with E-state index in [9.17, 15) is 4.79 Å². The lowest BCUT2D eigenvalue weighted by Gasteiger charge is -2.24. The SMILES string of the molecule is CC(C)c1nn(C2COC2)c(=O)n1C(C)C. The fraction of sp³-hybridized carbons (Fsp3) is 0.818. The highest BCUT2D eigenvalue weighted by atomic mass is 16.5. The molecule has 1 fully saturated rings. The molecule has 0 radical (unpaired) electrons. The highest BCUT2D eigenvalue weighted by Gasteiger charge is 2.27. The Bertz CT molecular complexity index is 427. The van der Waals surface area contributed by atoms with E-state index < -0.39 is 0 Å². The summed E-state index contributed by atoms with van der Waals surface area (Å²) in [7, 11) is 0. The minimum absolute atomic E-state index is 0.00741. The Morgan fingerprint density at radius 3 is 2.25 bits per heavy atom. The molecule has 1 aromatic rings. The molecule has 0 N–H and O–H groups in total. The second-order valence-electron chi connectivity index (χ2n) is 4.90. The highest BCUT2D eigenvalue weighted by molar-refractivity contribution is 4.97. The van der Waals surface area contributed by atoms with Crippen molar-refractivity contribution in [3.63, 3.8) is 0 Å². The Balaban J connectivity index is 2.48. The third-order valence-electron chi connectivity index (χ3n) is 2.86. The van der Waals surface area contributed by atoms with Crippen LogP contribution in [0, 0.1) is 0 Å². The van der Waals surface area contributed by atoms with Crippen molar-refractivity contribution in [1.82, 2.24) is 14.3 Å². The fourth-order valence-electron chi connectivity index (χ4n) is 1.89. The van der Waals surface area contributed by atoms with Crippen LogP contribution in [0.2, 0.25) is 0 Å². The molecule has 0 spiro atoms. The van der Waals surface area contributed by atoms with Crippen LogP contribution in [0.5, 0.6) is 0 Å². The smallest absolute Gasteiger partial charge is 0.346 e. The van der Waals surface area contributed by atoms with Crippen LogP contribution in [0.25, 0.3) is 0 Å². The van der Waals surface area contributed by atoms with Gasteiger partial charge in [0.25, 0.3) is 0 Å². The van der Waals surface area contributed by atoms with Gasteiger partial charge in [0, 0.05) is 12.0 Å². The van der Waals surface area contributed by atoms with Crippen LogP contribution >= 0.6 is 0 Å². The lowest BCUT2D eigenvalue weighted by molar-refractivity contribution is -0.0306. The number of aromatic nitrogens is 3. The van der Waals surface area contributed by atoms with E-state index in [1.54, 1.807) is 9.25 Å². The van der Waals surface area contributed by atoms with E-state index in [4.69, 9.17) is 4.74 Å². The van der Waals surface area contributed by atoms with Crippen LogP contribution in [0.1, 0.15) is 51.5 Å². The first-order valence-electron chi connectivity index (χ1n) is 5.81. The predicted molar refractivity (Wildman–Crippen MR) is 60.8 cm³/mol. The molecule has 0 atom stereocenters. The van der Waals surface area contributed by atoms with E-state index >= 15 is 0 Å². The molecule has 1 aromatic heterocycles. The Morgan fingerprint density at radius 2 is 1.94 bits per heavy atom. The monoisotopic (exact) mass is 225 g/mol. The summed E-state index contributed by atoms with van der Waals surface area (Å²) in [6.45, 7) is 9.34. The molecular formula is C11H19N3O2. The topological polar surface area (TPSA) is 49.1 Å². The number of rotatable bonds is 3. The first-order valence-corrected chi connectivity index (χ1v) is 5.81. The summed E-state index contributed by atoms with van der Waals surface area (Å²) in [4.78, 5) is 12.2. The maximum absolute atomic E-state index is 12.2. The number of hydrogen-bond donors (Lipinski definition) is 0. The number of nitrogens with zero attached hydrogens (tertiary/aromatic N) is 3. The van der Waals surface area contributed by atoms with E-state index in [-0.39, 0.29) is 23.7 Å². The molecule has 0 aliphatic carbocycles. The zero-order valence-electron chi connectivity index (χ0n) is 10.3. The summed E-state index contributed by atoms with van der Waals surface area (Å²) >= 11 is 0. The second kappa shape index (κ2) is 4.05. The van der Waals surface area contributed by atoms with Crippen molar-refractivity contribution in [2.24, 2.45) is 0 Å². The molecule has 5 nitrogen and oxygen atoms in total. The summed E-state index contributed by atoms with van der Waals surface area (Å²) in [5.41, 5.74) is -0.00741. The number of ether oxygens (including phenoxy) is 1. The van der Waals surface area contributed by atoms with Crippen molar-refractivity contribution < 1.29 is 4.74 Å². The third kappa shape index (κ3) is 1.69. The van der Waals surface area contributed by atoms with Crippen LogP contribution in [-0.4, -0.2) is 27.6 Å². The van der Waals surface area contributed by atoms with Gasteiger partial charge in [0.15, 0.2) is 0 Å². The lowest BCUT2D eigenvalue weighted by Crippen LogP contribution is -2.38. The van der Waals surface area contributed by atoms with Gasteiger partial charge in [-0.25, -0.2) is 9.48 Å². The molecule has 90 valence electrons. The maximum Gasteiger partial charge on any atom is 0.346 e. The van der Waals surface area contributed by atoms with Gasteiger partial charge < -0.3 is 4.74 Å². The molecule has 0 saturated carbocycles. The summed E-state index contributed by atoms with van der Waals surface area (Å²) in [6.07, 6.45) is 0. The molecule has 5 heteroatoms. The van der Waals surface area contributed by atoms with Crippen molar-refractivity contribution in [2.45, 2.75) is 45.7 Å². The van der Waals surface area contributed by atoms with Crippen LogP contribution < -0.4 is 5.69 Å². The predicted octanol–water partition coefficient (Wildman–Crippen LogP) is 1.32. The largest absolute Gasteiger partial charge is 0.377 e. The summed E-state index contributed by atoms with van der Waals surface area (Å²) in [5.74, 6) is 1.13. The van der Waals surface area contributed by atoms with Crippen LogP contribution in [0.15, 0.2) is 4.79 Å². The maximum atomic E-state index is 12.2. The Kier molecular flexibility index (Phi) is 2.88. The van der Waals surface area contributed by atoms with Gasteiger partial charge in [-0.3, -0.25) is 4.57 Å². The van der Waals surface area contributed by atoms with Crippen molar-refractivity contribution in [3.05, 3.63) is 16.3 Å². The van der Waals surface area contributed by atoms with E-state index in [1.165, 1.54) is 0 Å². The van der Waals surface area contributed by atoms with Crippen molar-refractivity contribution in [3.8, 4) is 0 Å². The first-order chi connectivity index (χ1) is 7.52. The van der Waals surface area contributed by atoms with Crippen LogP contribution in [0.4, 0.5) is 0 Å². The Hall–Kier alpha value is -1.10. The third-order valence-corrected chi connectivity index (χ3v) is 2.86. The quantitative estimate of drug-likeness (QED) is 0.779. The zero-order chi connectivity index (χ0) is 11.9. The van der Waals surface area contributed by atoms with E-state index in [2.05, 4.69) is 18.9 Å². The van der Waals surface area contributed by atoms with Crippen LogP contribution in [0.3, 0.4) is 0 Å². The van der Waals surface area contributed by atoms with Gasteiger partial charge in [-0.2, -0.15) is 5.10 Å². The molecule has 2 rings (SSSR count). The molecule has 0 unspecified atom stereocenters. The second-order valence-corrected chi connectivity index (χ2v) is 4.90. The van der Waals surface area contributed by atoms with Gasteiger partial charge in [-0.15, -0.1) is 0 Å². The molecule has 0 amide bonds. The lowest BCUT2D eigenvalue weighted by atomic mass is 10.2. The minimum atomic E-state index is -0.00741. The molecule has 2 heterocycles. The van der Waals surface area contributed by atoms with Gasteiger partial charge in [0.1, 0.15) is 11.9 Å². The molecule has 1 saturated heterocycles. The fourth-order valence-corrected chi connectivity index (χ4v) is 1.89. The summed E-state index contributed by atoms with van der Waals surface area (Å²) < 4.78 is 8.47. The van der Waals surface area contributed by atoms with Crippen molar-refractivity contribution in [1.29, 1.82) is 0 Å². The van der Waals surface area contributed by atoms with Gasteiger partial charge in [0.2, 0.25) is 0 Å². The Morgan fingerprint density at radius 1 is 1.31 bits per heavy atom. The molecule has 1 aliphatic rings. The van der Waals surface area contributed by atoms with E-state index in [0.29, 0.717) is 13.2 Å². The molecular weight excluding hydrogens is 206 g/mol. The molecule has 16 heavy (non-hydrogen) atoms. The molecule has 0 bridgehead atoms. The zero-order valence-corrected chi connectivity index (χ0v) is 10.3. The standard InChI is InChI=1S/C11H19N3O2/c1-7(2)10-12-14(9-5-16-6-9)11(15)13(10)8(3)4/h7-9H,5-6H2,1-4H3. The van der Waals surface area contributed by atoms with Crippen molar-refractivity contribution >= 4 is 0 Å². The van der Waals surface area contributed by atoms with Gasteiger partial charge >= 0.3 is 5.69 Å². The van der Waals surface area contributed by atoms with Crippen LogP contribution in [-0.2, 0) is 4.74 Å². The van der Waals surface area contributed by atoms with E-state index in [0.717, 1.165) is 5.82 Å². The van der Waals surface area contributed by atoms with Gasteiger partial charge in [-0.05, 0) is 13.8 Å². The van der Waals surface area contributed by atoms with E-state index in [1.807, 2.05) is 13.8 Å². The Labute approximate surface area is 95.0 Å². The average molecular weight is 225 g/mol. The van der Waals surface area contributed by atoms with Gasteiger partial charge in [-0.1, -0.05) is 13.8 Å². The average Bonchev–Trinajstić information content (AvgIpc) is 2.41. The normalized spacial score (nSPS) is 17.1.